The summed E-state index contributed by atoms with van der Waals surface area (Å²) in [5.41, 5.74) is 1.13. The summed E-state index contributed by atoms with van der Waals surface area (Å²) in [6.45, 7) is -1.07. The molecule has 1 fully saturated rings. The topological polar surface area (TPSA) is 76.1 Å². The van der Waals surface area contributed by atoms with E-state index in [2.05, 4.69) is 4.74 Å². The summed E-state index contributed by atoms with van der Waals surface area (Å²) in [6, 6.07) is 13.5. The number of alkyl halides is 3. The van der Waals surface area contributed by atoms with Crippen molar-refractivity contribution in [2.24, 2.45) is 0 Å². The van der Waals surface area contributed by atoms with Crippen molar-refractivity contribution in [1.29, 1.82) is 0 Å². The second-order valence-corrected chi connectivity index (χ2v) is 7.69. The molecule has 1 amide bonds. The standard InChI is InChI=1S/C22H20F3NO5/c1-30-21(22(23,24)25)10-18(19(27)28)26(12-21)20(29)31-11-17-15-8-4-2-6-13(15)14-7-3-5-9-16(14)17/h2-9,17-18H,10-12H2,1H3,(H,27,28)/t18-,21-/m0/s1. The number of likely N-dealkylation sites (tertiary alicyclic amines) is 1. The van der Waals surface area contributed by atoms with Crippen LogP contribution >= 0.6 is 0 Å². The number of fused-ring (bicyclic) bond motifs is 3. The van der Waals surface area contributed by atoms with Crippen LogP contribution in [0.15, 0.2) is 48.5 Å². The quantitative estimate of drug-likeness (QED) is 0.785. The van der Waals surface area contributed by atoms with E-state index in [9.17, 15) is 27.9 Å². The molecule has 0 saturated carbocycles. The first-order valence-corrected chi connectivity index (χ1v) is 9.65. The predicted molar refractivity (Wildman–Crippen MR) is 104 cm³/mol. The van der Waals surface area contributed by atoms with Crippen molar-refractivity contribution in [2.75, 3.05) is 20.3 Å². The van der Waals surface area contributed by atoms with Gasteiger partial charge < -0.3 is 14.6 Å². The average Bonchev–Trinajstić information content (AvgIpc) is 3.30. The fourth-order valence-electron chi connectivity index (χ4n) is 4.43. The van der Waals surface area contributed by atoms with Crippen LogP contribution in [0.3, 0.4) is 0 Å². The Morgan fingerprint density at radius 3 is 2.13 bits per heavy atom. The molecule has 1 saturated heterocycles. The van der Waals surface area contributed by atoms with Crippen LogP contribution in [-0.4, -0.2) is 60.1 Å². The highest BCUT2D eigenvalue weighted by molar-refractivity contribution is 5.82. The van der Waals surface area contributed by atoms with Crippen molar-refractivity contribution in [1.82, 2.24) is 4.90 Å². The fraction of sp³-hybridized carbons (Fsp3) is 0.364. The van der Waals surface area contributed by atoms with Crippen molar-refractivity contribution in [3.8, 4) is 11.1 Å². The minimum atomic E-state index is -4.84. The molecule has 2 aliphatic rings. The van der Waals surface area contributed by atoms with Crippen molar-refractivity contribution in [3.63, 3.8) is 0 Å². The van der Waals surface area contributed by atoms with E-state index in [1.807, 2.05) is 48.5 Å². The number of benzene rings is 2. The first-order chi connectivity index (χ1) is 14.7. The largest absolute Gasteiger partial charge is 0.480 e. The number of hydrogen-bond donors (Lipinski definition) is 1. The number of amides is 1. The van der Waals surface area contributed by atoms with Gasteiger partial charge in [0.25, 0.3) is 0 Å². The molecular weight excluding hydrogens is 415 g/mol. The third-order valence-corrected chi connectivity index (χ3v) is 6.09. The van der Waals surface area contributed by atoms with E-state index in [0.717, 1.165) is 29.4 Å². The number of carbonyl (C=O) groups excluding carboxylic acids is 1. The molecule has 1 N–H and O–H groups in total. The smallest absolute Gasteiger partial charge is 0.419 e. The number of carboxylic acid groups (broad SMARTS) is 1. The van der Waals surface area contributed by atoms with Crippen molar-refractivity contribution in [3.05, 3.63) is 59.7 Å². The van der Waals surface area contributed by atoms with E-state index >= 15 is 0 Å². The van der Waals surface area contributed by atoms with Crippen molar-refractivity contribution >= 4 is 12.1 Å². The minimum absolute atomic E-state index is 0.123. The maximum absolute atomic E-state index is 13.6. The number of rotatable bonds is 4. The first-order valence-electron chi connectivity index (χ1n) is 9.65. The summed E-state index contributed by atoms with van der Waals surface area (Å²) in [5, 5.41) is 9.39. The number of carboxylic acids is 1. The van der Waals surface area contributed by atoms with Crippen LogP contribution in [0.1, 0.15) is 23.5 Å². The SMILES string of the molecule is CO[C@@]1(C(F)(F)F)C[C@@H](C(=O)O)N(C(=O)OCC2c3ccccc3-c3ccccc32)C1. The lowest BCUT2D eigenvalue weighted by atomic mass is 9.98. The van der Waals surface area contributed by atoms with Gasteiger partial charge in [-0.2, -0.15) is 13.2 Å². The average molecular weight is 435 g/mol. The Labute approximate surface area is 176 Å². The van der Waals surface area contributed by atoms with Gasteiger partial charge >= 0.3 is 18.2 Å². The molecule has 0 radical (unpaired) electrons. The lowest BCUT2D eigenvalue weighted by Crippen LogP contribution is -2.49. The number of hydrogen-bond acceptors (Lipinski definition) is 4. The van der Waals surface area contributed by atoms with Gasteiger partial charge in [0.15, 0.2) is 5.60 Å². The molecular formula is C22H20F3NO5. The molecule has 0 aromatic heterocycles. The van der Waals surface area contributed by atoms with Gasteiger partial charge in [-0.05, 0) is 22.3 Å². The van der Waals surface area contributed by atoms with Crippen LogP contribution in [0.2, 0.25) is 0 Å². The Bertz CT molecular complexity index is 979. The molecule has 1 aliphatic heterocycles. The molecule has 1 heterocycles. The second-order valence-electron chi connectivity index (χ2n) is 7.69. The number of methoxy groups -OCH3 is 1. The summed E-state index contributed by atoms with van der Waals surface area (Å²) in [4.78, 5) is 24.8. The monoisotopic (exact) mass is 435 g/mol. The van der Waals surface area contributed by atoms with Gasteiger partial charge in [-0.25, -0.2) is 9.59 Å². The van der Waals surface area contributed by atoms with Gasteiger partial charge in [-0.15, -0.1) is 0 Å². The van der Waals surface area contributed by atoms with Gasteiger partial charge in [0.05, 0.1) is 6.54 Å². The van der Waals surface area contributed by atoms with Gasteiger partial charge in [0, 0.05) is 19.4 Å². The molecule has 2 aromatic carbocycles. The predicted octanol–water partition coefficient (Wildman–Crippen LogP) is 4.04. The van der Waals surface area contributed by atoms with Crippen LogP contribution in [0, 0.1) is 0 Å². The number of ether oxygens (including phenoxy) is 2. The van der Waals surface area contributed by atoms with Crippen molar-refractivity contribution in [2.45, 2.75) is 30.2 Å². The lowest BCUT2D eigenvalue weighted by Gasteiger charge is -2.29. The highest BCUT2D eigenvalue weighted by atomic mass is 19.4. The first kappa shape index (κ1) is 21.2. The fourth-order valence-corrected chi connectivity index (χ4v) is 4.43. The molecule has 6 nitrogen and oxygen atoms in total. The Kier molecular flexibility index (Phi) is 5.17. The molecule has 1 aliphatic carbocycles. The zero-order chi connectivity index (χ0) is 22.4. The minimum Gasteiger partial charge on any atom is -0.480 e. The van der Waals surface area contributed by atoms with Crippen LogP contribution in [0.5, 0.6) is 0 Å². The normalized spacial score (nSPS) is 22.8. The number of aliphatic carboxylic acids is 1. The molecule has 9 heteroatoms. The van der Waals surface area contributed by atoms with Gasteiger partial charge in [-0.1, -0.05) is 48.5 Å². The lowest BCUT2D eigenvalue weighted by molar-refractivity contribution is -0.263. The Morgan fingerprint density at radius 1 is 1.10 bits per heavy atom. The molecule has 4 rings (SSSR count). The molecule has 0 bridgehead atoms. The molecule has 0 unspecified atom stereocenters. The van der Waals surface area contributed by atoms with Crippen LogP contribution in [0.4, 0.5) is 18.0 Å². The van der Waals surface area contributed by atoms with Gasteiger partial charge in [0.1, 0.15) is 12.6 Å². The molecule has 31 heavy (non-hydrogen) atoms. The van der Waals surface area contributed by atoms with E-state index in [1.54, 1.807) is 0 Å². The Morgan fingerprint density at radius 2 is 1.65 bits per heavy atom. The summed E-state index contributed by atoms with van der Waals surface area (Å²) in [5.74, 6) is -1.84. The second kappa shape index (κ2) is 7.56. The van der Waals surface area contributed by atoms with Crippen LogP contribution in [-0.2, 0) is 14.3 Å². The van der Waals surface area contributed by atoms with Crippen molar-refractivity contribution < 1.29 is 37.3 Å². The Balaban J connectivity index is 1.55. The molecule has 2 aromatic rings. The summed E-state index contributed by atoms with van der Waals surface area (Å²) in [6.07, 6.45) is -6.85. The highest BCUT2D eigenvalue weighted by Gasteiger charge is 2.64. The number of halogens is 3. The maximum atomic E-state index is 13.6. The Hall–Kier alpha value is -3.07. The summed E-state index contributed by atoms with van der Waals surface area (Å²) >= 11 is 0. The number of carbonyl (C=O) groups is 2. The van der Waals surface area contributed by atoms with Gasteiger partial charge in [0.2, 0.25) is 0 Å². The molecule has 164 valence electrons. The summed E-state index contributed by atoms with van der Waals surface area (Å²) in [7, 11) is 0.855. The van der Waals surface area contributed by atoms with Crippen LogP contribution in [0.25, 0.3) is 11.1 Å². The maximum Gasteiger partial charge on any atom is 0.419 e. The molecule has 0 spiro atoms. The molecule has 2 atom stereocenters. The van der Waals surface area contributed by atoms with E-state index in [1.165, 1.54) is 0 Å². The van der Waals surface area contributed by atoms with Gasteiger partial charge in [-0.3, -0.25) is 4.90 Å². The van der Waals surface area contributed by atoms with E-state index in [0.29, 0.717) is 4.90 Å². The highest BCUT2D eigenvalue weighted by Crippen LogP contribution is 2.45. The van der Waals surface area contributed by atoms with E-state index in [4.69, 9.17) is 4.74 Å². The third-order valence-electron chi connectivity index (χ3n) is 6.09. The zero-order valence-electron chi connectivity index (χ0n) is 16.6. The van der Waals surface area contributed by atoms with Crippen LogP contribution < -0.4 is 0 Å². The zero-order valence-corrected chi connectivity index (χ0v) is 16.6. The number of nitrogens with zero attached hydrogens (tertiary/aromatic N) is 1. The van der Waals surface area contributed by atoms with E-state index < -0.39 is 42.8 Å². The van der Waals surface area contributed by atoms with E-state index in [-0.39, 0.29) is 12.5 Å². The third kappa shape index (κ3) is 3.42. The summed E-state index contributed by atoms with van der Waals surface area (Å²) < 4.78 is 50.7.